The molecular weight excluding hydrogens is 292 g/mol. The zero-order valence-electron chi connectivity index (χ0n) is 14.2. The van der Waals surface area contributed by atoms with Gasteiger partial charge in [0.15, 0.2) is 5.88 Å². The molecule has 126 valence electrons. The Kier molecular flexibility index (Phi) is 5.96. The molecule has 0 radical (unpaired) electrons. The summed E-state index contributed by atoms with van der Waals surface area (Å²) in [7, 11) is 0. The number of allylic oxidation sites excluding steroid dienone is 1. The summed E-state index contributed by atoms with van der Waals surface area (Å²) in [4.78, 5) is 24.8. The molecule has 6 nitrogen and oxygen atoms in total. The maximum atomic E-state index is 12.4. The van der Waals surface area contributed by atoms with Crippen LogP contribution >= 0.6 is 0 Å². The van der Waals surface area contributed by atoms with Gasteiger partial charge in [0.05, 0.1) is 11.3 Å². The third kappa shape index (κ3) is 3.63. The van der Waals surface area contributed by atoms with Crippen molar-refractivity contribution in [2.75, 3.05) is 24.5 Å². The van der Waals surface area contributed by atoms with Crippen LogP contribution in [0.1, 0.15) is 56.1 Å². The third-order valence-corrected chi connectivity index (χ3v) is 4.04. The number of carbonyl (C=O) groups is 1. The van der Waals surface area contributed by atoms with Crippen molar-refractivity contribution < 1.29 is 9.90 Å². The highest BCUT2D eigenvalue weighted by Gasteiger charge is 2.26. The summed E-state index contributed by atoms with van der Waals surface area (Å²) in [6.07, 6.45) is 7.26. The highest BCUT2D eigenvalue weighted by molar-refractivity contribution is 5.96. The Bertz CT molecular complexity index is 580. The van der Waals surface area contributed by atoms with E-state index in [1.807, 2.05) is 20.8 Å². The van der Waals surface area contributed by atoms with Gasteiger partial charge in [-0.2, -0.15) is 0 Å². The molecule has 2 aliphatic heterocycles. The quantitative estimate of drug-likeness (QED) is 0.908. The van der Waals surface area contributed by atoms with E-state index < -0.39 is 0 Å². The van der Waals surface area contributed by atoms with Gasteiger partial charge >= 0.3 is 0 Å². The van der Waals surface area contributed by atoms with Crippen molar-refractivity contribution in [3.05, 3.63) is 29.4 Å². The maximum absolute atomic E-state index is 12.4. The highest BCUT2D eigenvalue weighted by atomic mass is 16.3. The van der Waals surface area contributed by atoms with Crippen LogP contribution in [0.3, 0.4) is 0 Å². The van der Waals surface area contributed by atoms with Gasteiger partial charge in [0.25, 0.3) is 5.91 Å². The van der Waals surface area contributed by atoms with Crippen LogP contribution in [0.4, 0.5) is 5.95 Å². The van der Waals surface area contributed by atoms with Gasteiger partial charge in [0.1, 0.15) is 0 Å². The predicted octanol–water partition coefficient (Wildman–Crippen LogP) is 2.91. The minimum Gasteiger partial charge on any atom is -0.495 e. The van der Waals surface area contributed by atoms with E-state index in [0.29, 0.717) is 30.2 Å². The lowest BCUT2D eigenvalue weighted by molar-refractivity contribution is 0.0739. The molecule has 3 rings (SSSR count). The molecular formula is C17H26N4O2. The average Bonchev–Trinajstić information content (AvgIpc) is 2.73. The van der Waals surface area contributed by atoms with Crippen molar-refractivity contribution in [2.45, 2.75) is 46.5 Å². The Morgan fingerprint density at radius 2 is 1.91 bits per heavy atom. The van der Waals surface area contributed by atoms with Gasteiger partial charge in [0.2, 0.25) is 5.95 Å². The number of nitrogens with zero attached hydrogens (tertiary/aromatic N) is 4. The predicted molar refractivity (Wildman–Crippen MR) is 90.6 cm³/mol. The van der Waals surface area contributed by atoms with Gasteiger partial charge in [-0.25, -0.2) is 9.97 Å². The number of hydrogen-bond donors (Lipinski definition) is 1. The number of hydrogen-bond acceptors (Lipinski definition) is 5. The van der Waals surface area contributed by atoms with Crippen LogP contribution in [-0.2, 0) is 6.42 Å². The largest absolute Gasteiger partial charge is 0.495 e. The van der Waals surface area contributed by atoms with Crippen LogP contribution in [0, 0.1) is 0 Å². The summed E-state index contributed by atoms with van der Waals surface area (Å²) >= 11 is 0. The SMILES string of the molecule is CC.CCN1C(=O)c2cnc(N3CCCCC3)nc2CC=C1O. The normalized spacial score (nSPS) is 17.7. The monoisotopic (exact) mass is 318 g/mol. The molecule has 0 aromatic carbocycles. The minimum absolute atomic E-state index is 0.0000208. The first-order valence-electron chi connectivity index (χ1n) is 8.52. The van der Waals surface area contributed by atoms with Crippen molar-refractivity contribution in [1.82, 2.24) is 14.9 Å². The lowest BCUT2D eigenvalue weighted by Gasteiger charge is -2.27. The summed E-state index contributed by atoms with van der Waals surface area (Å²) < 4.78 is 0. The minimum atomic E-state index is -0.232. The van der Waals surface area contributed by atoms with Crippen molar-refractivity contribution in [3.8, 4) is 0 Å². The smallest absolute Gasteiger partial charge is 0.264 e. The molecule has 1 aromatic heterocycles. The molecule has 1 N–H and O–H groups in total. The maximum Gasteiger partial charge on any atom is 0.264 e. The number of aliphatic hydroxyl groups is 1. The number of aliphatic hydroxyl groups excluding tert-OH is 1. The zero-order valence-corrected chi connectivity index (χ0v) is 14.2. The second-order valence-electron chi connectivity index (χ2n) is 5.39. The van der Waals surface area contributed by atoms with Gasteiger partial charge in [-0.1, -0.05) is 13.8 Å². The molecule has 0 saturated carbocycles. The van der Waals surface area contributed by atoms with Crippen molar-refractivity contribution in [2.24, 2.45) is 0 Å². The van der Waals surface area contributed by atoms with Gasteiger partial charge < -0.3 is 10.0 Å². The molecule has 23 heavy (non-hydrogen) atoms. The molecule has 0 bridgehead atoms. The van der Waals surface area contributed by atoms with Gasteiger partial charge in [-0.3, -0.25) is 9.69 Å². The Balaban J connectivity index is 0.000000924. The molecule has 0 unspecified atom stereocenters. The summed E-state index contributed by atoms with van der Waals surface area (Å²) in [5, 5.41) is 9.92. The number of amides is 1. The Labute approximate surface area is 137 Å². The van der Waals surface area contributed by atoms with Gasteiger partial charge in [0, 0.05) is 32.3 Å². The summed E-state index contributed by atoms with van der Waals surface area (Å²) in [6.45, 7) is 8.19. The first kappa shape index (κ1) is 17.2. The van der Waals surface area contributed by atoms with E-state index in [2.05, 4.69) is 14.9 Å². The Hall–Kier alpha value is -2.11. The summed E-state index contributed by atoms with van der Waals surface area (Å²) in [6, 6.07) is 0. The number of aromatic nitrogens is 2. The first-order valence-corrected chi connectivity index (χ1v) is 8.52. The standard InChI is InChI=1S/C15H20N4O2.C2H6/c1-2-19-13(20)7-6-12-11(14(19)21)10-16-15(17-12)18-8-4-3-5-9-18;1-2/h7,10,20H,2-6,8-9H2,1H3;1-2H3. The van der Waals surface area contributed by atoms with Crippen LogP contribution in [0.15, 0.2) is 18.2 Å². The summed E-state index contributed by atoms with van der Waals surface area (Å²) in [5.41, 5.74) is 1.18. The Morgan fingerprint density at radius 3 is 2.57 bits per heavy atom. The van der Waals surface area contributed by atoms with E-state index in [4.69, 9.17) is 0 Å². The zero-order chi connectivity index (χ0) is 16.8. The molecule has 6 heteroatoms. The van der Waals surface area contributed by atoms with Crippen molar-refractivity contribution in [3.63, 3.8) is 0 Å². The van der Waals surface area contributed by atoms with E-state index in [1.54, 1.807) is 12.3 Å². The fraction of sp³-hybridized carbons (Fsp3) is 0.588. The van der Waals surface area contributed by atoms with E-state index in [9.17, 15) is 9.90 Å². The van der Waals surface area contributed by atoms with Gasteiger partial charge in [-0.15, -0.1) is 0 Å². The third-order valence-electron chi connectivity index (χ3n) is 4.04. The summed E-state index contributed by atoms with van der Waals surface area (Å²) in [5.74, 6) is 0.461. The van der Waals surface area contributed by atoms with Crippen LogP contribution in [0.5, 0.6) is 0 Å². The molecule has 1 amide bonds. The van der Waals surface area contributed by atoms with Crippen LogP contribution < -0.4 is 4.90 Å². The fourth-order valence-electron chi connectivity index (χ4n) is 2.84. The van der Waals surface area contributed by atoms with E-state index in [0.717, 1.165) is 25.9 Å². The lowest BCUT2D eigenvalue weighted by atomic mass is 10.1. The highest BCUT2D eigenvalue weighted by Crippen LogP contribution is 2.22. The number of carbonyl (C=O) groups excluding carboxylic acids is 1. The number of rotatable bonds is 2. The second kappa shape index (κ2) is 7.94. The van der Waals surface area contributed by atoms with Crippen LogP contribution in [-0.4, -0.2) is 45.5 Å². The number of fused-ring (bicyclic) bond motifs is 1. The van der Waals surface area contributed by atoms with Crippen LogP contribution in [0.25, 0.3) is 0 Å². The molecule has 0 spiro atoms. The Morgan fingerprint density at radius 1 is 1.22 bits per heavy atom. The number of piperidine rings is 1. The van der Waals surface area contributed by atoms with Crippen molar-refractivity contribution >= 4 is 11.9 Å². The number of anilines is 1. The van der Waals surface area contributed by atoms with Gasteiger partial charge in [-0.05, 0) is 32.3 Å². The molecule has 1 fully saturated rings. The molecule has 3 heterocycles. The average molecular weight is 318 g/mol. The molecule has 1 aromatic rings. The molecule has 0 aliphatic carbocycles. The van der Waals surface area contributed by atoms with Crippen molar-refractivity contribution in [1.29, 1.82) is 0 Å². The molecule has 0 atom stereocenters. The second-order valence-corrected chi connectivity index (χ2v) is 5.39. The topological polar surface area (TPSA) is 69.6 Å². The van der Waals surface area contributed by atoms with E-state index >= 15 is 0 Å². The molecule has 1 saturated heterocycles. The van der Waals surface area contributed by atoms with E-state index in [-0.39, 0.29) is 11.8 Å². The van der Waals surface area contributed by atoms with E-state index in [1.165, 1.54) is 11.3 Å². The fourth-order valence-corrected chi connectivity index (χ4v) is 2.84. The lowest BCUT2D eigenvalue weighted by Crippen LogP contribution is -2.32. The first-order chi connectivity index (χ1) is 11.2. The molecule has 2 aliphatic rings. The van der Waals surface area contributed by atoms with Crippen LogP contribution in [0.2, 0.25) is 0 Å².